The zero-order valence-electron chi connectivity index (χ0n) is 14.3. The summed E-state index contributed by atoms with van der Waals surface area (Å²) >= 11 is 0. The number of allylic oxidation sites excluding steroid dienone is 3. The number of nitriles is 1. The first-order valence-corrected chi connectivity index (χ1v) is 8.05. The van der Waals surface area contributed by atoms with E-state index in [0.29, 0.717) is 6.42 Å². The van der Waals surface area contributed by atoms with Gasteiger partial charge in [0.15, 0.2) is 5.78 Å². The minimum Gasteiger partial charge on any atom is -0.444 e. The first-order chi connectivity index (χ1) is 12.0. The van der Waals surface area contributed by atoms with E-state index in [4.69, 9.17) is 10.5 Å². The summed E-state index contributed by atoms with van der Waals surface area (Å²) in [7, 11) is 0. The van der Waals surface area contributed by atoms with Crippen molar-refractivity contribution in [1.82, 2.24) is 0 Å². The summed E-state index contributed by atoms with van der Waals surface area (Å²) in [5.41, 5.74) is 4.31. The maximum Gasteiger partial charge on any atom is 0.416 e. The third kappa shape index (κ3) is 2.96. The number of carbonyl (C=O) groups excluding carboxylic acids is 1. The molecule has 1 atom stereocenters. The van der Waals surface area contributed by atoms with Crippen LogP contribution in [-0.4, -0.2) is 5.78 Å². The molecule has 26 heavy (non-hydrogen) atoms. The van der Waals surface area contributed by atoms with Crippen LogP contribution in [0.5, 0.6) is 0 Å². The molecule has 0 bridgehead atoms. The Morgan fingerprint density at radius 1 is 1.27 bits per heavy atom. The molecule has 1 aromatic carbocycles. The number of benzene rings is 1. The molecular weight excluding hydrogens is 345 g/mol. The van der Waals surface area contributed by atoms with Crippen molar-refractivity contribution in [2.75, 3.05) is 0 Å². The largest absolute Gasteiger partial charge is 0.444 e. The van der Waals surface area contributed by atoms with Gasteiger partial charge in [0, 0.05) is 18.4 Å². The Kier molecular flexibility index (Phi) is 4.10. The topological polar surface area (TPSA) is 76.1 Å². The zero-order valence-corrected chi connectivity index (χ0v) is 14.3. The number of carbonyl (C=O) groups is 1. The molecular formula is C19H17F3N2O2. The second kappa shape index (κ2) is 5.90. The molecule has 0 saturated heterocycles. The van der Waals surface area contributed by atoms with Crippen LogP contribution in [0.15, 0.2) is 47.1 Å². The van der Waals surface area contributed by atoms with E-state index in [1.54, 1.807) is 0 Å². The number of alkyl halides is 3. The molecule has 136 valence electrons. The van der Waals surface area contributed by atoms with Gasteiger partial charge in [-0.05, 0) is 17.0 Å². The summed E-state index contributed by atoms with van der Waals surface area (Å²) in [5, 5.41) is 9.48. The molecule has 3 rings (SSSR count). The summed E-state index contributed by atoms with van der Waals surface area (Å²) < 4.78 is 46.0. The Balaban J connectivity index is 2.27. The monoisotopic (exact) mass is 362 g/mol. The number of ether oxygens (including phenoxy) is 1. The number of nitrogens with two attached hydrogens (primary N) is 1. The number of halogens is 3. The van der Waals surface area contributed by atoms with Crippen LogP contribution in [0.3, 0.4) is 0 Å². The first kappa shape index (κ1) is 18.1. The van der Waals surface area contributed by atoms with Crippen LogP contribution in [0.2, 0.25) is 0 Å². The summed E-state index contributed by atoms with van der Waals surface area (Å²) in [4.78, 5) is 12.8. The predicted octanol–water partition coefficient (Wildman–Crippen LogP) is 4.16. The summed E-state index contributed by atoms with van der Waals surface area (Å²) in [6.45, 7) is 3.74. The molecule has 0 aromatic heterocycles. The number of hydrogen-bond acceptors (Lipinski definition) is 4. The van der Waals surface area contributed by atoms with E-state index < -0.39 is 23.1 Å². The van der Waals surface area contributed by atoms with Gasteiger partial charge < -0.3 is 10.5 Å². The van der Waals surface area contributed by atoms with Crippen LogP contribution in [0.4, 0.5) is 13.2 Å². The fourth-order valence-electron chi connectivity index (χ4n) is 3.60. The van der Waals surface area contributed by atoms with Gasteiger partial charge in [-0.2, -0.15) is 18.4 Å². The van der Waals surface area contributed by atoms with E-state index in [2.05, 4.69) is 0 Å². The van der Waals surface area contributed by atoms with Gasteiger partial charge in [0.25, 0.3) is 0 Å². The highest BCUT2D eigenvalue weighted by atomic mass is 19.4. The van der Waals surface area contributed by atoms with Crippen molar-refractivity contribution < 1.29 is 22.7 Å². The van der Waals surface area contributed by atoms with Crippen molar-refractivity contribution >= 4 is 5.78 Å². The van der Waals surface area contributed by atoms with E-state index in [1.165, 1.54) is 18.2 Å². The smallest absolute Gasteiger partial charge is 0.416 e. The highest BCUT2D eigenvalue weighted by molar-refractivity contribution is 6.00. The maximum atomic E-state index is 13.5. The number of nitrogens with zero attached hydrogens (tertiary/aromatic N) is 1. The Morgan fingerprint density at radius 3 is 2.54 bits per heavy atom. The average Bonchev–Trinajstić information content (AvgIpc) is 2.51. The molecule has 1 unspecified atom stereocenters. The van der Waals surface area contributed by atoms with Gasteiger partial charge in [0.1, 0.15) is 17.4 Å². The van der Waals surface area contributed by atoms with Gasteiger partial charge in [0.2, 0.25) is 5.88 Å². The lowest BCUT2D eigenvalue weighted by Gasteiger charge is -2.37. The molecule has 0 radical (unpaired) electrons. The lowest BCUT2D eigenvalue weighted by Crippen LogP contribution is -2.34. The fraction of sp³-hybridized carbons (Fsp3) is 0.368. The van der Waals surface area contributed by atoms with Gasteiger partial charge in [-0.1, -0.05) is 32.0 Å². The molecule has 2 N–H and O–H groups in total. The van der Waals surface area contributed by atoms with Crippen molar-refractivity contribution in [3.8, 4) is 6.07 Å². The molecule has 0 spiro atoms. The fourth-order valence-corrected chi connectivity index (χ4v) is 3.60. The SMILES string of the molecule is CC1(C)CC(=O)C2=C(C1)OC(N)=C(C#N)C2c1ccccc1C(F)(F)F. The summed E-state index contributed by atoms with van der Waals surface area (Å²) in [5.74, 6) is -1.49. The molecule has 1 heterocycles. The Hall–Kier alpha value is -2.75. The van der Waals surface area contributed by atoms with Crippen LogP contribution in [0.25, 0.3) is 0 Å². The number of hydrogen-bond donors (Lipinski definition) is 1. The molecule has 0 fully saturated rings. The Morgan fingerprint density at radius 2 is 1.92 bits per heavy atom. The van der Waals surface area contributed by atoms with E-state index >= 15 is 0 Å². The molecule has 4 nitrogen and oxygen atoms in total. The standard InChI is InChI=1S/C19H17F3N2O2/c1-18(2)7-13(25)16-14(8-18)26-17(24)11(9-23)15(16)10-5-3-4-6-12(10)19(20,21)22/h3-6,15H,7-8,24H2,1-2H3. The molecule has 1 aliphatic carbocycles. The lowest BCUT2D eigenvalue weighted by molar-refractivity contribution is -0.138. The number of ketones is 1. The lowest BCUT2D eigenvalue weighted by atomic mass is 9.69. The number of rotatable bonds is 1. The molecule has 1 aromatic rings. The van der Waals surface area contributed by atoms with Crippen LogP contribution in [0, 0.1) is 16.7 Å². The quantitative estimate of drug-likeness (QED) is 0.814. The highest BCUT2D eigenvalue weighted by Crippen LogP contribution is 2.49. The van der Waals surface area contributed by atoms with Gasteiger partial charge in [-0.25, -0.2) is 0 Å². The highest BCUT2D eigenvalue weighted by Gasteiger charge is 2.45. The van der Waals surface area contributed by atoms with E-state index in [1.807, 2.05) is 19.9 Å². The van der Waals surface area contributed by atoms with Gasteiger partial charge >= 0.3 is 6.18 Å². The van der Waals surface area contributed by atoms with Crippen molar-refractivity contribution in [2.24, 2.45) is 11.1 Å². The molecule has 2 aliphatic rings. The summed E-state index contributed by atoms with van der Waals surface area (Å²) in [6.07, 6.45) is -4.10. The van der Waals surface area contributed by atoms with Gasteiger partial charge in [-0.15, -0.1) is 0 Å². The maximum absolute atomic E-state index is 13.5. The second-order valence-electron chi connectivity index (χ2n) is 7.29. The Labute approximate surface area is 148 Å². The van der Waals surface area contributed by atoms with E-state index in [-0.39, 0.29) is 40.6 Å². The minimum absolute atomic E-state index is 0.103. The van der Waals surface area contributed by atoms with Crippen molar-refractivity contribution in [3.05, 3.63) is 58.2 Å². The van der Waals surface area contributed by atoms with Crippen LogP contribution in [0.1, 0.15) is 43.7 Å². The van der Waals surface area contributed by atoms with Crippen molar-refractivity contribution in [1.29, 1.82) is 5.26 Å². The van der Waals surface area contributed by atoms with Crippen LogP contribution >= 0.6 is 0 Å². The number of Topliss-reactive ketones (excluding diaryl/α,β-unsaturated/α-hetero) is 1. The van der Waals surface area contributed by atoms with Crippen molar-refractivity contribution in [2.45, 2.75) is 38.8 Å². The Bertz CT molecular complexity index is 889. The van der Waals surface area contributed by atoms with Crippen LogP contribution < -0.4 is 5.73 Å². The zero-order chi connectivity index (χ0) is 19.3. The predicted molar refractivity (Wildman–Crippen MR) is 87.1 cm³/mol. The first-order valence-electron chi connectivity index (χ1n) is 8.05. The van der Waals surface area contributed by atoms with Gasteiger partial charge in [-0.3, -0.25) is 4.79 Å². The minimum atomic E-state index is -4.62. The van der Waals surface area contributed by atoms with Crippen LogP contribution in [-0.2, 0) is 15.7 Å². The molecule has 0 saturated carbocycles. The van der Waals surface area contributed by atoms with Crippen molar-refractivity contribution in [3.63, 3.8) is 0 Å². The molecule has 7 heteroatoms. The normalized spacial score (nSPS) is 22.6. The van der Waals surface area contributed by atoms with Gasteiger partial charge in [0.05, 0.1) is 11.5 Å². The van der Waals surface area contributed by atoms with E-state index in [0.717, 1.165) is 6.07 Å². The van der Waals surface area contributed by atoms with E-state index in [9.17, 15) is 23.2 Å². The second-order valence-corrected chi connectivity index (χ2v) is 7.29. The molecule has 0 amide bonds. The molecule has 1 aliphatic heterocycles. The third-order valence-corrected chi connectivity index (χ3v) is 4.65. The third-order valence-electron chi connectivity index (χ3n) is 4.65. The summed E-state index contributed by atoms with van der Waals surface area (Å²) in [6, 6.07) is 6.76. The average molecular weight is 362 g/mol.